The summed E-state index contributed by atoms with van der Waals surface area (Å²) in [5.41, 5.74) is 5.78. The Morgan fingerprint density at radius 3 is 2.88 bits per heavy atom. The molecule has 0 saturated carbocycles. The molecule has 0 fully saturated rings. The van der Waals surface area contributed by atoms with Gasteiger partial charge in [0.25, 0.3) is 0 Å². The number of benzene rings is 1. The molecule has 0 saturated heterocycles. The average molecular weight is 227 g/mol. The van der Waals surface area contributed by atoms with Crippen LogP contribution in [0.15, 0.2) is 18.2 Å². The molecule has 3 N–H and O–H groups in total. The van der Waals surface area contributed by atoms with Gasteiger partial charge >= 0.3 is 5.97 Å². The van der Waals surface area contributed by atoms with Gasteiger partial charge in [-0.1, -0.05) is 13.3 Å². The molecule has 16 heavy (non-hydrogen) atoms. The molecule has 1 aromatic carbocycles. The van der Waals surface area contributed by atoms with Crippen molar-refractivity contribution in [3.63, 3.8) is 0 Å². The lowest BCUT2D eigenvalue weighted by Gasteiger charge is -2.15. The lowest BCUT2D eigenvalue weighted by molar-refractivity contribution is -0.145. The summed E-state index contributed by atoms with van der Waals surface area (Å²) in [4.78, 5) is 10.8. The van der Waals surface area contributed by atoms with Crippen LogP contribution >= 0.6 is 0 Å². The van der Waals surface area contributed by atoms with Crippen molar-refractivity contribution in [2.75, 3.05) is 5.73 Å². The summed E-state index contributed by atoms with van der Waals surface area (Å²) in [6, 6.07) is 3.62. The molecular weight excluding hydrogens is 213 g/mol. The monoisotopic (exact) mass is 227 g/mol. The Bertz CT molecular complexity index is 381. The fourth-order valence-corrected chi connectivity index (χ4v) is 1.26. The molecule has 0 spiro atoms. The van der Waals surface area contributed by atoms with Crippen LogP contribution in [-0.2, 0) is 4.79 Å². The lowest BCUT2D eigenvalue weighted by Crippen LogP contribution is -2.27. The molecule has 5 heteroatoms. The largest absolute Gasteiger partial charge is 0.479 e. The van der Waals surface area contributed by atoms with Gasteiger partial charge in [-0.25, -0.2) is 9.18 Å². The number of aliphatic carboxylic acids is 1. The van der Waals surface area contributed by atoms with E-state index in [0.29, 0.717) is 12.8 Å². The Balaban J connectivity index is 2.84. The molecule has 4 nitrogen and oxygen atoms in total. The molecular formula is C11H14FNO3. The number of nitrogen functional groups attached to an aromatic ring is 1. The third-order valence-corrected chi connectivity index (χ3v) is 2.07. The highest BCUT2D eigenvalue weighted by atomic mass is 19.1. The van der Waals surface area contributed by atoms with Crippen LogP contribution in [0.25, 0.3) is 0 Å². The Morgan fingerprint density at radius 1 is 1.62 bits per heavy atom. The van der Waals surface area contributed by atoms with Crippen molar-refractivity contribution in [1.82, 2.24) is 0 Å². The zero-order chi connectivity index (χ0) is 12.1. The van der Waals surface area contributed by atoms with Gasteiger partial charge in [-0.05, 0) is 18.6 Å². The highest BCUT2D eigenvalue weighted by molar-refractivity contribution is 5.73. The lowest BCUT2D eigenvalue weighted by atomic mass is 10.2. The van der Waals surface area contributed by atoms with Crippen LogP contribution in [0.4, 0.5) is 10.1 Å². The molecule has 0 radical (unpaired) electrons. The number of nitrogens with two attached hydrogens (primary N) is 1. The summed E-state index contributed by atoms with van der Waals surface area (Å²) in [7, 11) is 0. The van der Waals surface area contributed by atoms with Crippen molar-refractivity contribution >= 4 is 11.7 Å². The third-order valence-electron chi connectivity index (χ3n) is 2.07. The first-order chi connectivity index (χ1) is 7.54. The predicted molar refractivity (Wildman–Crippen MR) is 57.8 cm³/mol. The fraction of sp³-hybridized carbons (Fsp3) is 0.364. The van der Waals surface area contributed by atoms with Gasteiger partial charge < -0.3 is 15.6 Å². The molecule has 0 aliphatic rings. The van der Waals surface area contributed by atoms with Crippen molar-refractivity contribution in [1.29, 1.82) is 0 Å². The van der Waals surface area contributed by atoms with E-state index in [9.17, 15) is 9.18 Å². The minimum absolute atomic E-state index is 0.0702. The second-order valence-electron chi connectivity index (χ2n) is 3.42. The van der Waals surface area contributed by atoms with E-state index >= 15 is 0 Å². The van der Waals surface area contributed by atoms with Gasteiger partial charge in [0, 0.05) is 6.07 Å². The Labute approximate surface area is 92.8 Å². The number of anilines is 1. The fourth-order valence-electron chi connectivity index (χ4n) is 1.26. The summed E-state index contributed by atoms with van der Waals surface area (Å²) >= 11 is 0. The number of halogens is 1. The minimum atomic E-state index is -1.08. The van der Waals surface area contributed by atoms with Crippen LogP contribution in [0.1, 0.15) is 19.8 Å². The van der Waals surface area contributed by atoms with Gasteiger partial charge in [0.1, 0.15) is 11.6 Å². The molecule has 0 bridgehead atoms. The van der Waals surface area contributed by atoms with Crippen molar-refractivity contribution in [3.8, 4) is 5.75 Å². The summed E-state index contributed by atoms with van der Waals surface area (Å²) < 4.78 is 18.1. The van der Waals surface area contributed by atoms with Crippen molar-refractivity contribution in [2.24, 2.45) is 0 Å². The van der Waals surface area contributed by atoms with E-state index in [-0.39, 0.29) is 11.4 Å². The minimum Gasteiger partial charge on any atom is -0.479 e. The van der Waals surface area contributed by atoms with E-state index in [4.69, 9.17) is 15.6 Å². The number of carboxylic acid groups (broad SMARTS) is 1. The van der Waals surface area contributed by atoms with Crippen molar-refractivity contribution in [2.45, 2.75) is 25.9 Å². The SMILES string of the molecule is CCCC(Oc1cc(F)ccc1N)C(=O)O. The van der Waals surface area contributed by atoms with E-state index in [2.05, 4.69) is 0 Å². The molecule has 88 valence electrons. The number of carbonyl (C=O) groups is 1. The standard InChI is InChI=1S/C11H14FNO3/c1-2-3-9(11(14)15)16-10-6-7(12)4-5-8(10)13/h4-6,9H,2-3,13H2,1H3,(H,14,15). The summed E-state index contributed by atoms with van der Waals surface area (Å²) in [5.74, 6) is -1.52. The highest BCUT2D eigenvalue weighted by Gasteiger charge is 2.19. The van der Waals surface area contributed by atoms with Gasteiger partial charge in [-0.3, -0.25) is 0 Å². The first kappa shape index (κ1) is 12.3. The Hall–Kier alpha value is -1.78. The first-order valence-corrected chi connectivity index (χ1v) is 4.99. The molecule has 0 heterocycles. The second-order valence-corrected chi connectivity index (χ2v) is 3.42. The molecule has 0 aromatic heterocycles. The van der Waals surface area contributed by atoms with Crippen molar-refractivity contribution in [3.05, 3.63) is 24.0 Å². The topological polar surface area (TPSA) is 72.5 Å². The first-order valence-electron chi connectivity index (χ1n) is 4.99. The van der Waals surface area contributed by atoms with Crippen LogP contribution in [0.3, 0.4) is 0 Å². The maximum atomic E-state index is 12.9. The Kier molecular flexibility index (Phi) is 4.10. The van der Waals surface area contributed by atoms with Gasteiger partial charge in [-0.2, -0.15) is 0 Å². The normalized spacial score (nSPS) is 12.1. The van der Waals surface area contributed by atoms with E-state index in [1.165, 1.54) is 12.1 Å². The molecule has 1 atom stereocenters. The maximum absolute atomic E-state index is 12.9. The van der Waals surface area contributed by atoms with Crippen LogP contribution < -0.4 is 10.5 Å². The number of hydrogen-bond donors (Lipinski definition) is 2. The van der Waals surface area contributed by atoms with E-state index in [1.807, 2.05) is 6.92 Å². The molecule has 1 aromatic rings. The van der Waals surface area contributed by atoms with Crippen LogP contribution in [0, 0.1) is 5.82 Å². The zero-order valence-corrected chi connectivity index (χ0v) is 8.94. The third kappa shape index (κ3) is 3.12. The Morgan fingerprint density at radius 2 is 2.31 bits per heavy atom. The summed E-state index contributed by atoms with van der Waals surface area (Å²) in [6.45, 7) is 1.84. The molecule has 0 aliphatic carbocycles. The van der Waals surface area contributed by atoms with Gasteiger partial charge in [-0.15, -0.1) is 0 Å². The van der Waals surface area contributed by atoms with Gasteiger partial charge in [0.2, 0.25) is 0 Å². The van der Waals surface area contributed by atoms with Crippen molar-refractivity contribution < 1.29 is 19.0 Å². The predicted octanol–water partition coefficient (Wildman–Crippen LogP) is 2.04. The number of ether oxygens (including phenoxy) is 1. The maximum Gasteiger partial charge on any atom is 0.344 e. The molecule has 0 amide bonds. The van der Waals surface area contributed by atoms with Crippen LogP contribution in [0.5, 0.6) is 5.75 Å². The number of hydrogen-bond acceptors (Lipinski definition) is 3. The molecule has 0 aliphatic heterocycles. The van der Waals surface area contributed by atoms with E-state index in [0.717, 1.165) is 6.07 Å². The van der Waals surface area contributed by atoms with E-state index in [1.54, 1.807) is 0 Å². The van der Waals surface area contributed by atoms with Gasteiger partial charge in [0.05, 0.1) is 5.69 Å². The van der Waals surface area contributed by atoms with E-state index < -0.39 is 17.9 Å². The average Bonchev–Trinajstić information content (AvgIpc) is 2.22. The number of carboxylic acids is 1. The smallest absolute Gasteiger partial charge is 0.344 e. The second kappa shape index (κ2) is 5.34. The van der Waals surface area contributed by atoms with Crippen LogP contribution in [-0.4, -0.2) is 17.2 Å². The molecule has 1 unspecified atom stereocenters. The molecule has 1 rings (SSSR count). The zero-order valence-electron chi connectivity index (χ0n) is 8.94. The highest BCUT2D eigenvalue weighted by Crippen LogP contribution is 2.24. The summed E-state index contributed by atoms with van der Waals surface area (Å²) in [5, 5.41) is 8.87. The van der Waals surface area contributed by atoms with Crippen LogP contribution in [0.2, 0.25) is 0 Å². The number of rotatable bonds is 5. The summed E-state index contributed by atoms with van der Waals surface area (Å²) in [6.07, 6.45) is 0.0198. The van der Waals surface area contributed by atoms with Gasteiger partial charge in [0.15, 0.2) is 6.10 Å². The quantitative estimate of drug-likeness (QED) is 0.755.